The number of rotatable bonds is 8. The summed E-state index contributed by atoms with van der Waals surface area (Å²) in [5.74, 6) is 0.438. The first kappa shape index (κ1) is 20.7. The highest BCUT2D eigenvalue weighted by Crippen LogP contribution is 2.25. The molecule has 3 amide bonds. The van der Waals surface area contributed by atoms with Gasteiger partial charge in [-0.25, -0.2) is 0 Å². The van der Waals surface area contributed by atoms with Gasteiger partial charge in [-0.3, -0.25) is 19.3 Å². The van der Waals surface area contributed by atoms with Crippen molar-refractivity contribution >= 4 is 35.2 Å². The Kier molecular flexibility index (Phi) is 6.33. The number of hydrogen-bond donors (Lipinski definition) is 1. The zero-order chi connectivity index (χ0) is 21.6. The number of para-hydroxylation sites is 1. The van der Waals surface area contributed by atoms with Crippen LogP contribution >= 0.6 is 11.8 Å². The molecule has 156 valence electrons. The molecule has 0 atom stereocenters. The minimum absolute atomic E-state index is 0.0822. The number of imide groups is 1. The largest absolute Gasteiger partial charge is 0.484 e. The quantitative estimate of drug-likeness (QED) is 0.429. The minimum atomic E-state index is -0.253. The van der Waals surface area contributed by atoms with Gasteiger partial charge in [-0.2, -0.15) is 0 Å². The van der Waals surface area contributed by atoms with Crippen molar-refractivity contribution in [3.05, 3.63) is 90.0 Å². The van der Waals surface area contributed by atoms with Gasteiger partial charge in [0.05, 0.1) is 11.1 Å². The number of amides is 3. The summed E-state index contributed by atoms with van der Waals surface area (Å²) in [5.41, 5.74) is 1.58. The smallest absolute Gasteiger partial charge is 0.262 e. The highest BCUT2D eigenvalue weighted by atomic mass is 32.2. The second-order valence-electron chi connectivity index (χ2n) is 6.83. The van der Waals surface area contributed by atoms with Crippen molar-refractivity contribution in [2.24, 2.45) is 0 Å². The van der Waals surface area contributed by atoms with Gasteiger partial charge in [0.15, 0.2) is 6.61 Å². The van der Waals surface area contributed by atoms with Crippen LogP contribution in [0, 0.1) is 0 Å². The van der Waals surface area contributed by atoms with Gasteiger partial charge in [0.25, 0.3) is 17.7 Å². The molecule has 1 heterocycles. The molecule has 4 rings (SSSR count). The molecule has 3 aromatic rings. The van der Waals surface area contributed by atoms with Crippen molar-refractivity contribution in [2.75, 3.05) is 24.2 Å². The zero-order valence-electron chi connectivity index (χ0n) is 16.6. The Morgan fingerprint density at radius 2 is 1.55 bits per heavy atom. The third-order valence-corrected chi connectivity index (χ3v) is 5.67. The van der Waals surface area contributed by atoms with Crippen molar-refractivity contribution in [1.29, 1.82) is 0 Å². The molecule has 0 unspecified atom stereocenters. The number of carbonyl (C=O) groups is 3. The molecule has 0 saturated carbocycles. The topological polar surface area (TPSA) is 75.7 Å². The molecular weight excluding hydrogens is 412 g/mol. The van der Waals surface area contributed by atoms with Crippen molar-refractivity contribution < 1.29 is 19.1 Å². The average Bonchev–Trinajstić information content (AvgIpc) is 3.04. The maximum atomic E-state index is 12.4. The van der Waals surface area contributed by atoms with Crippen LogP contribution in [0.5, 0.6) is 5.75 Å². The van der Waals surface area contributed by atoms with Crippen molar-refractivity contribution in [2.45, 2.75) is 4.90 Å². The van der Waals surface area contributed by atoms with Crippen LogP contribution < -0.4 is 10.1 Å². The van der Waals surface area contributed by atoms with E-state index in [2.05, 4.69) is 5.32 Å². The third kappa shape index (κ3) is 4.95. The summed E-state index contributed by atoms with van der Waals surface area (Å²) in [6.45, 7) is 0.236. The van der Waals surface area contributed by atoms with Gasteiger partial charge in [0.2, 0.25) is 0 Å². The van der Waals surface area contributed by atoms with Gasteiger partial charge in [-0.05, 0) is 42.5 Å². The van der Waals surface area contributed by atoms with Crippen LogP contribution in [0.2, 0.25) is 0 Å². The molecule has 0 spiro atoms. The van der Waals surface area contributed by atoms with Crippen LogP contribution in [0.4, 0.5) is 5.69 Å². The van der Waals surface area contributed by atoms with E-state index in [1.165, 1.54) is 16.7 Å². The molecule has 0 saturated heterocycles. The van der Waals surface area contributed by atoms with Gasteiger partial charge >= 0.3 is 0 Å². The lowest BCUT2D eigenvalue weighted by Gasteiger charge is -2.13. The molecule has 0 radical (unpaired) electrons. The zero-order valence-corrected chi connectivity index (χ0v) is 17.4. The number of fused-ring (bicyclic) bond motifs is 1. The van der Waals surface area contributed by atoms with Crippen LogP contribution in [0.3, 0.4) is 0 Å². The molecule has 1 aliphatic rings. The predicted molar refractivity (Wildman–Crippen MR) is 120 cm³/mol. The highest BCUT2D eigenvalue weighted by molar-refractivity contribution is 7.99. The van der Waals surface area contributed by atoms with Crippen LogP contribution in [-0.2, 0) is 4.79 Å². The normalized spacial score (nSPS) is 12.6. The second-order valence-corrected chi connectivity index (χ2v) is 8.00. The molecule has 1 N–H and O–H groups in total. The summed E-state index contributed by atoms with van der Waals surface area (Å²) in [7, 11) is 0. The fraction of sp³-hybridized carbons (Fsp3) is 0.125. The van der Waals surface area contributed by atoms with E-state index in [0.717, 1.165) is 4.90 Å². The number of carbonyl (C=O) groups excluding carboxylic acids is 3. The Balaban J connectivity index is 1.28. The van der Waals surface area contributed by atoms with E-state index in [1.807, 2.05) is 36.4 Å². The Labute approximate surface area is 184 Å². The van der Waals surface area contributed by atoms with Crippen molar-refractivity contribution in [3.8, 4) is 5.75 Å². The standard InChI is InChI=1S/C24H20N2O4S/c27-22(16-30-18-8-2-1-3-9-18)25-17-7-6-10-19(15-17)31-14-13-26-23(28)20-11-4-5-12-21(20)24(26)29/h1-12,15H,13-14,16H2,(H,25,27). The Hall–Kier alpha value is -3.58. The number of hydrogen-bond acceptors (Lipinski definition) is 5. The summed E-state index contributed by atoms with van der Waals surface area (Å²) in [6.07, 6.45) is 0. The van der Waals surface area contributed by atoms with E-state index in [1.54, 1.807) is 42.5 Å². The van der Waals surface area contributed by atoms with Crippen LogP contribution in [0.1, 0.15) is 20.7 Å². The van der Waals surface area contributed by atoms with E-state index in [-0.39, 0.29) is 24.3 Å². The fourth-order valence-electron chi connectivity index (χ4n) is 3.22. The summed E-state index contributed by atoms with van der Waals surface area (Å²) >= 11 is 1.51. The minimum Gasteiger partial charge on any atom is -0.484 e. The summed E-state index contributed by atoms with van der Waals surface area (Å²) in [6, 6.07) is 23.4. The van der Waals surface area contributed by atoms with E-state index in [9.17, 15) is 14.4 Å². The first-order chi connectivity index (χ1) is 15.1. The van der Waals surface area contributed by atoms with Gasteiger partial charge in [0, 0.05) is 22.9 Å². The summed E-state index contributed by atoms with van der Waals surface area (Å²) < 4.78 is 5.45. The van der Waals surface area contributed by atoms with Gasteiger partial charge in [0.1, 0.15) is 5.75 Å². The molecule has 1 aliphatic heterocycles. The number of anilines is 1. The number of nitrogens with one attached hydrogen (secondary N) is 1. The molecule has 31 heavy (non-hydrogen) atoms. The molecule has 3 aromatic carbocycles. The van der Waals surface area contributed by atoms with Crippen LogP contribution in [0.25, 0.3) is 0 Å². The Morgan fingerprint density at radius 3 is 2.26 bits per heavy atom. The van der Waals surface area contributed by atoms with Crippen molar-refractivity contribution in [1.82, 2.24) is 4.90 Å². The molecular formula is C24H20N2O4S. The highest BCUT2D eigenvalue weighted by Gasteiger charge is 2.34. The molecule has 7 heteroatoms. The third-order valence-electron chi connectivity index (χ3n) is 4.69. The average molecular weight is 433 g/mol. The summed E-state index contributed by atoms with van der Waals surface area (Å²) in [5, 5.41) is 2.81. The van der Waals surface area contributed by atoms with E-state index in [4.69, 9.17) is 4.74 Å². The number of ether oxygens (including phenoxy) is 1. The molecule has 0 bridgehead atoms. The number of thioether (sulfide) groups is 1. The predicted octanol–water partition coefficient (Wildman–Crippen LogP) is 4.09. The molecule has 0 fully saturated rings. The fourth-order valence-corrected chi connectivity index (χ4v) is 4.12. The molecule has 0 aliphatic carbocycles. The molecule has 0 aromatic heterocycles. The lowest BCUT2D eigenvalue weighted by Crippen LogP contribution is -2.31. The Bertz CT molecular complexity index is 1080. The van der Waals surface area contributed by atoms with Gasteiger partial charge < -0.3 is 10.1 Å². The van der Waals surface area contributed by atoms with Crippen LogP contribution in [0.15, 0.2) is 83.8 Å². The van der Waals surface area contributed by atoms with E-state index < -0.39 is 0 Å². The first-order valence-corrected chi connectivity index (χ1v) is 10.8. The second kappa shape index (κ2) is 9.49. The SMILES string of the molecule is O=C(COc1ccccc1)Nc1cccc(SCCN2C(=O)c3ccccc3C2=O)c1. The molecule has 6 nitrogen and oxygen atoms in total. The number of benzene rings is 3. The Morgan fingerprint density at radius 1 is 0.871 bits per heavy atom. The van der Waals surface area contributed by atoms with Gasteiger partial charge in [-0.15, -0.1) is 11.8 Å². The van der Waals surface area contributed by atoms with E-state index in [0.29, 0.717) is 34.9 Å². The van der Waals surface area contributed by atoms with Crippen molar-refractivity contribution in [3.63, 3.8) is 0 Å². The van der Waals surface area contributed by atoms with E-state index >= 15 is 0 Å². The lowest BCUT2D eigenvalue weighted by atomic mass is 10.1. The maximum Gasteiger partial charge on any atom is 0.262 e. The summed E-state index contributed by atoms with van der Waals surface area (Å²) in [4.78, 5) is 39.2. The maximum absolute atomic E-state index is 12.4. The lowest BCUT2D eigenvalue weighted by molar-refractivity contribution is -0.118. The first-order valence-electron chi connectivity index (χ1n) is 9.77. The van der Waals surface area contributed by atoms with Crippen LogP contribution in [-0.4, -0.2) is 41.5 Å². The number of nitrogens with zero attached hydrogens (tertiary/aromatic N) is 1. The van der Waals surface area contributed by atoms with Gasteiger partial charge in [-0.1, -0.05) is 36.4 Å². The monoisotopic (exact) mass is 432 g/mol.